The molecule has 0 aliphatic rings. The third-order valence-electron chi connectivity index (χ3n) is 1.04. The Morgan fingerprint density at radius 1 is 1.11 bits per heavy atom. The van der Waals surface area contributed by atoms with Gasteiger partial charge in [0, 0.05) is 0 Å². The van der Waals surface area contributed by atoms with Crippen LogP contribution in [0, 0.1) is 13.3 Å². The minimum Gasteiger partial charge on any atom is -0.338 e. The molecule has 0 atom stereocenters. The first kappa shape index (κ1) is 7.22. The molecule has 0 aliphatic heterocycles. The molecule has 1 aromatic carbocycles. The zero-order valence-electron chi connectivity index (χ0n) is 5.38. The molecule has 0 aromatic heterocycles. The van der Waals surface area contributed by atoms with Gasteiger partial charge in [0.15, 0.2) is 0 Å². The van der Waals surface area contributed by atoms with Crippen LogP contribution in [0.25, 0.3) is 0 Å². The Hall–Kier alpha value is -1.78. The van der Waals surface area contributed by atoms with Gasteiger partial charge in [-0.15, -0.1) is 0 Å². The number of rotatable bonds is 1. The zero-order valence-corrected chi connectivity index (χ0v) is 11.8. The third-order valence-corrected chi connectivity index (χ3v) is 1.04. The van der Waals surface area contributed by atoms with Crippen LogP contribution in [0.2, 0.25) is 0 Å². The van der Waals surface area contributed by atoms with E-state index in [1.54, 1.807) is 0 Å². The van der Waals surface area contributed by atoms with Crippen LogP contribution in [0.4, 0.5) is 0 Å². The molecule has 0 nitrogen and oxygen atoms in total. The predicted molar refractivity (Wildman–Crippen MR) is 35.2 cm³/mol. The van der Waals surface area contributed by atoms with Crippen LogP contribution in [0.5, 0.6) is 0 Å². The van der Waals surface area contributed by atoms with Crippen LogP contribution in [-0.4, -0.2) is 0 Å². The van der Waals surface area contributed by atoms with Crippen molar-refractivity contribution in [1.82, 2.24) is 0 Å². The van der Waals surface area contributed by atoms with Gasteiger partial charge in [-0.25, -0.2) is 0 Å². The smallest absolute Gasteiger partial charge is 0 e. The summed E-state index contributed by atoms with van der Waals surface area (Å²) < 4.78 is 0. The Morgan fingerprint density at radius 3 is 2.00 bits per heavy atom. The minimum atomic E-state index is 0. The summed E-state index contributed by atoms with van der Waals surface area (Å²) in [6, 6.07) is 10.0. The molecule has 0 spiro atoms. The Bertz CT molecular complexity index is 146. The molecular weight excluding hydrogens is 363 g/mol. The van der Waals surface area contributed by atoms with Crippen molar-refractivity contribution < 1.29 is 0 Å². The monoisotopic (exact) mass is 371 g/mol. The van der Waals surface area contributed by atoms with Crippen molar-refractivity contribution in [3.63, 3.8) is 0 Å². The molecule has 0 amide bonds. The maximum Gasteiger partial charge on any atom is 0 e. The first-order valence-electron chi connectivity index (χ1n) is 2.61. The fourth-order valence-corrected chi connectivity index (χ4v) is 0.589. The van der Waals surface area contributed by atoms with Crippen LogP contribution < -0.4 is 0 Å². The standard InChI is InChI=1S/C8H8.Rf/c1-2-8-6-4-3-5-7-8;/h2-7H,1H2;/q-1;. The van der Waals surface area contributed by atoms with E-state index in [0.717, 1.165) is 0 Å². The summed E-state index contributed by atoms with van der Waals surface area (Å²) in [4.78, 5) is 0. The Labute approximate surface area is 50.2 Å². The summed E-state index contributed by atoms with van der Waals surface area (Å²) in [6.07, 6.45) is 1.83. The molecule has 1 rings (SSSR count). The molecule has 0 N–H and O–H groups in total. The zero-order chi connectivity index (χ0) is 5.82. The second-order valence-corrected chi connectivity index (χ2v) is 1.61. The predicted octanol–water partition coefficient (Wildman–Crippen LogP) is 2.07. The van der Waals surface area contributed by atoms with Crippen molar-refractivity contribution in [1.29, 1.82) is 0 Å². The summed E-state index contributed by atoms with van der Waals surface area (Å²) in [5.41, 5.74) is 1.17. The van der Waals surface area contributed by atoms with Gasteiger partial charge in [0.05, 0.1) is 0 Å². The van der Waals surface area contributed by atoms with E-state index in [4.69, 9.17) is 0 Å². The molecule has 0 fully saturated rings. The van der Waals surface area contributed by atoms with Gasteiger partial charge >= 0.3 is 0 Å². The van der Waals surface area contributed by atoms with Crippen LogP contribution in [0.15, 0.2) is 30.3 Å². The maximum atomic E-state index is 3.63. The fraction of sp³-hybridized carbons (Fsp3) is 0. The van der Waals surface area contributed by atoms with Gasteiger partial charge in [-0.1, -0.05) is 35.9 Å². The van der Waals surface area contributed by atoms with Gasteiger partial charge in [-0.2, -0.15) is 6.42 Å². The maximum absolute atomic E-state index is 3.63. The molecule has 0 aliphatic carbocycles. The molecule has 43 valence electrons. The molecule has 0 heterocycles. The van der Waals surface area contributed by atoms with Crippen molar-refractivity contribution in [3.05, 3.63) is 49.2 Å². The SMILES string of the molecule is [CH2-][CH]c1ccccc1.[Rf]. The molecule has 0 saturated carbocycles. The Morgan fingerprint density at radius 2 is 1.67 bits per heavy atom. The molecule has 0 unspecified atom stereocenters. The summed E-state index contributed by atoms with van der Waals surface area (Å²) >= 11 is 0. The number of benzene rings is 1. The van der Waals surface area contributed by atoms with Gasteiger partial charge in [0.1, 0.15) is 0 Å². The first-order valence-corrected chi connectivity index (χ1v) is 2.61. The van der Waals surface area contributed by atoms with Crippen molar-refractivity contribution in [2.75, 3.05) is 0 Å². The van der Waals surface area contributed by atoms with Crippen LogP contribution >= 0.6 is 0 Å². The summed E-state index contributed by atoms with van der Waals surface area (Å²) in [6.45, 7) is 3.63. The van der Waals surface area contributed by atoms with Gasteiger partial charge in [-0.05, 0) is 0 Å². The van der Waals surface area contributed by atoms with E-state index in [1.807, 2.05) is 36.8 Å². The molecule has 9 heavy (non-hydrogen) atoms. The summed E-state index contributed by atoms with van der Waals surface area (Å²) in [7, 11) is 0. The van der Waals surface area contributed by atoms with Crippen LogP contribution in [-0.2, 0) is 0 Å². The molecule has 1 radical (unpaired) electrons. The largest absolute Gasteiger partial charge is 0.338 e. The second-order valence-electron chi connectivity index (χ2n) is 1.61. The van der Waals surface area contributed by atoms with E-state index in [-0.39, 0.29) is 0 Å². The van der Waals surface area contributed by atoms with E-state index in [1.165, 1.54) is 5.56 Å². The minimum absolute atomic E-state index is 0. The van der Waals surface area contributed by atoms with Gasteiger partial charge in [0.25, 0.3) is 0 Å². The first-order chi connectivity index (χ1) is 3.93. The number of hydrogen-bond acceptors (Lipinski definition) is 0. The Balaban J connectivity index is 0.000000640. The van der Waals surface area contributed by atoms with E-state index >= 15 is 0 Å². The van der Waals surface area contributed by atoms with E-state index in [0.29, 0.717) is 0 Å². The molecular formula is C8H8Rf-. The average Bonchev–Trinajstić information content (AvgIpc) is 1.90. The van der Waals surface area contributed by atoms with Crippen molar-refractivity contribution in [2.45, 2.75) is 0 Å². The van der Waals surface area contributed by atoms with E-state index in [2.05, 4.69) is 6.92 Å². The number of hydrogen-bond donors (Lipinski definition) is 0. The Kier molecular flexibility index (Phi) is 2.61. The van der Waals surface area contributed by atoms with Crippen molar-refractivity contribution in [2.24, 2.45) is 0 Å². The second kappa shape index (κ2) is 3.25. The topological polar surface area (TPSA) is 0 Å². The molecule has 0 bridgehead atoms. The molecule has 0 saturated heterocycles. The van der Waals surface area contributed by atoms with Gasteiger partial charge in [0.2, 0.25) is 0 Å². The van der Waals surface area contributed by atoms with Crippen molar-refractivity contribution in [3.8, 4) is 0 Å². The normalized spacial score (nSPS) is 8.11. The molecule has 1 aromatic rings. The van der Waals surface area contributed by atoms with Gasteiger partial charge in [-0.3, -0.25) is 0 Å². The summed E-state index contributed by atoms with van der Waals surface area (Å²) in [5.74, 6) is 0. The summed E-state index contributed by atoms with van der Waals surface area (Å²) in [5, 5.41) is 0. The van der Waals surface area contributed by atoms with Crippen LogP contribution in [0.3, 0.4) is 0 Å². The fourth-order valence-electron chi connectivity index (χ4n) is 0.589. The van der Waals surface area contributed by atoms with E-state index in [9.17, 15) is 0 Å². The van der Waals surface area contributed by atoms with Gasteiger partial charge < -0.3 is 6.92 Å². The third kappa shape index (κ3) is 1.64. The van der Waals surface area contributed by atoms with Crippen LogP contribution in [0.1, 0.15) is 5.56 Å². The molecule has 1 heteroatoms. The quantitative estimate of drug-likeness (QED) is 0.664. The average molecular weight is 371 g/mol. The van der Waals surface area contributed by atoms with Crippen molar-refractivity contribution >= 4 is 0 Å². The van der Waals surface area contributed by atoms with E-state index < -0.39 is 0 Å².